The van der Waals surface area contributed by atoms with Crippen molar-refractivity contribution in [1.82, 2.24) is 23.1 Å². The molecule has 168 valence electrons. The van der Waals surface area contributed by atoms with Crippen molar-refractivity contribution in [3.05, 3.63) is 74.2 Å². The number of rotatable bonds is 8. The second-order valence-electron chi connectivity index (χ2n) is 7.65. The molecule has 9 nitrogen and oxygen atoms in total. The minimum absolute atomic E-state index is 0.0350. The van der Waals surface area contributed by atoms with E-state index in [0.717, 1.165) is 17.0 Å². The van der Waals surface area contributed by atoms with E-state index >= 15 is 0 Å². The third-order valence-electron chi connectivity index (χ3n) is 5.72. The maximum absolute atomic E-state index is 13.4. The number of aryl methyl sites for hydroxylation is 2. The summed E-state index contributed by atoms with van der Waals surface area (Å²) >= 11 is 0. The number of allylic oxidation sites excluding steroid dienone is 1. The van der Waals surface area contributed by atoms with Crippen LogP contribution in [0.4, 0.5) is 0 Å². The molecule has 4 aromatic rings. The first-order valence-electron chi connectivity index (χ1n) is 10.5. The molecule has 0 amide bonds. The lowest BCUT2D eigenvalue weighted by Crippen LogP contribution is -2.39. The predicted molar refractivity (Wildman–Crippen MR) is 123 cm³/mol. The number of fused-ring (bicyclic) bond motifs is 3. The van der Waals surface area contributed by atoms with E-state index in [9.17, 15) is 9.59 Å². The van der Waals surface area contributed by atoms with Crippen LogP contribution >= 0.6 is 0 Å². The van der Waals surface area contributed by atoms with Crippen LogP contribution in [0.5, 0.6) is 0 Å². The van der Waals surface area contributed by atoms with Crippen LogP contribution < -0.4 is 11.2 Å². The van der Waals surface area contributed by atoms with Crippen molar-refractivity contribution in [2.75, 3.05) is 19.8 Å². The Morgan fingerprint density at radius 2 is 1.81 bits per heavy atom. The second kappa shape index (κ2) is 8.97. The highest BCUT2D eigenvalue weighted by Gasteiger charge is 2.22. The molecule has 0 unspecified atom stereocenters. The van der Waals surface area contributed by atoms with E-state index in [-0.39, 0.29) is 25.3 Å². The zero-order valence-corrected chi connectivity index (χ0v) is 18.5. The smallest absolute Gasteiger partial charge is 0.332 e. The van der Waals surface area contributed by atoms with Crippen LogP contribution in [-0.4, -0.2) is 48.0 Å². The number of aliphatic hydroxyl groups excluding tert-OH is 1. The third kappa shape index (κ3) is 3.69. The Bertz CT molecular complexity index is 1410. The van der Waals surface area contributed by atoms with Gasteiger partial charge in [-0.3, -0.25) is 18.3 Å². The van der Waals surface area contributed by atoms with Crippen LogP contribution in [0.15, 0.2) is 46.0 Å². The normalized spacial score (nSPS) is 12.0. The Kier molecular flexibility index (Phi) is 6.11. The predicted octanol–water partition coefficient (Wildman–Crippen LogP) is 1.49. The van der Waals surface area contributed by atoms with Crippen LogP contribution in [0.2, 0.25) is 0 Å². The molecule has 0 spiro atoms. The monoisotopic (exact) mass is 437 g/mol. The first kappa shape index (κ1) is 21.8. The fourth-order valence-corrected chi connectivity index (χ4v) is 3.92. The first-order chi connectivity index (χ1) is 15.5. The molecular weight excluding hydrogens is 410 g/mol. The van der Waals surface area contributed by atoms with Crippen molar-refractivity contribution in [3.63, 3.8) is 0 Å². The molecule has 0 saturated carbocycles. The van der Waals surface area contributed by atoms with Gasteiger partial charge in [-0.05, 0) is 19.4 Å². The van der Waals surface area contributed by atoms with Gasteiger partial charge < -0.3 is 14.4 Å². The summed E-state index contributed by atoms with van der Waals surface area (Å²) in [5.74, 6) is 0.590. The van der Waals surface area contributed by atoms with E-state index in [4.69, 9.17) is 9.84 Å². The highest BCUT2D eigenvalue weighted by Crippen LogP contribution is 2.20. The molecule has 1 aromatic carbocycles. The van der Waals surface area contributed by atoms with Gasteiger partial charge in [0.05, 0.1) is 19.8 Å². The number of hydrogen-bond acceptors (Lipinski definition) is 5. The van der Waals surface area contributed by atoms with Crippen molar-refractivity contribution in [2.45, 2.75) is 26.9 Å². The summed E-state index contributed by atoms with van der Waals surface area (Å²) in [5.41, 5.74) is 2.80. The zero-order valence-electron chi connectivity index (χ0n) is 18.5. The van der Waals surface area contributed by atoms with Crippen molar-refractivity contribution < 1.29 is 9.84 Å². The first-order valence-corrected chi connectivity index (χ1v) is 10.5. The lowest BCUT2D eigenvalue weighted by molar-refractivity contribution is 0.0872. The van der Waals surface area contributed by atoms with Crippen molar-refractivity contribution in [1.29, 1.82) is 0 Å². The van der Waals surface area contributed by atoms with Gasteiger partial charge in [0.2, 0.25) is 5.78 Å². The van der Waals surface area contributed by atoms with E-state index in [1.54, 1.807) is 7.05 Å². The molecule has 0 aliphatic carbocycles. The summed E-state index contributed by atoms with van der Waals surface area (Å²) in [4.78, 5) is 30.9. The molecular formula is C23H27N5O4. The Balaban J connectivity index is 1.81. The summed E-state index contributed by atoms with van der Waals surface area (Å²) in [7, 11) is 1.63. The maximum atomic E-state index is 13.4. The Hall–Kier alpha value is -3.43. The number of aromatic nitrogens is 5. The largest absolute Gasteiger partial charge is 0.394 e. The molecule has 3 heterocycles. The lowest BCUT2D eigenvalue weighted by atomic mass is 10.2. The maximum Gasteiger partial charge on any atom is 0.332 e. The number of aliphatic hydroxyl groups is 1. The van der Waals surface area contributed by atoms with E-state index < -0.39 is 5.69 Å². The summed E-state index contributed by atoms with van der Waals surface area (Å²) < 4.78 is 11.8. The van der Waals surface area contributed by atoms with E-state index in [0.29, 0.717) is 30.1 Å². The fraction of sp³-hybridized carbons (Fsp3) is 0.348. The van der Waals surface area contributed by atoms with Gasteiger partial charge >= 0.3 is 5.69 Å². The van der Waals surface area contributed by atoms with Crippen molar-refractivity contribution in [2.24, 2.45) is 7.05 Å². The number of benzene rings is 1. The van der Waals surface area contributed by atoms with Gasteiger partial charge in [0.1, 0.15) is 0 Å². The number of ether oxygens (including phenoxy) is 1. The second-order valence-corrected chi connectivity index (χ2v) is 7.65. The molecule has 4 rings (SSSR count). The fourth-order valence-electron chi connectivity index (χ4n) is 3.92. The summed E-state index contributed by atoms with van der Waals surface area (Å²) in [6.45, 7) is 5.21. The highest BCUT2D eigenvalue weighted by molar-refractivity contribution is 5.76. The van der Waals surface area contributed by atoms with Gasteiger partial charge in [-0.1, -0.05) is 42.5 Å². The average molecular weight is 438 g/mol. The average Bonchev–Trinajstić information content (AvgIpc) is 3.29. The molecule has 0 aliphatic heterocycles. The molecule has 0 radical (unpaired) electrons. The summed E-state index contributed by atoms with van der Waals surface area (Å²) in [5, 5.41) is 8.91. The summed E-state index contributed by atoms with van der Waals surface area (Å²) in [6, 6.07) is 9.72. The van der Waals surface area contributed by atoms with Gasteiger partial charge in [-0.2, -0.15) is 4.98 Å². The quantitative estimate of drug-likeness (QED) is 0.422. The van der Waals surface area contributed by atoms with Crippen LogP contribution in [0.1, 0.15) is 17.0 Å². The molecule has 32 heavy (non-hydrogen) atoms. The molecule has 0 atom stereocenters. The standard InChI is InChI=1S/C23H27N5O4/c1-16-17(2)28-19-20(24-22(28)26(16)12-14-32-15-13-29)25(3)23(31)27(21(19)30)11-7-10-18-8-5-4-6-9-18/h4-10,29H,11-15H2,1-3H3/b10-7+. The van der Waals surface area contributed by atoms with Gasteiger partial charge in [0.15, 0.2) is 11.2 Å². The van der Waals surface area contributed by atoms with Crippen LogP contribution in [-0.2, 0) is 24.9 Å². The minimum Gasteiger partial charge on any atom is -0.394 e. The van der Waals surface area contributed by atoms with Gasteiger partial charge in [0, 0.05) is 31.5 Å². The van der Waals surface area contributed by atoms with Gasteiger partial charge in [0.25, 0.3) is 5.56 Å². The number of hydrogen-bond donors (Lipinski definition) is 1. The number of nitrogens with zero attached hydrogens (tertiary/aromatic N) is 5. The molecule has 0 saturated heterocycles. The lowest BCUT2D eigenvalue weighted by Gasteiger charge is -2.07. The SMILES string of the molecule is Cc1c(C)n2c3c(=O)n(C/C=C/c4ccccc4)c(=O)n(C)c3nc2n1CCOCCO. The molecule has 3 aromatic heterocycles. The molecule has 0 fully saturated rings. The molecule has 0 bridgehead atoms. The van der Waals surface area contributed by atoms with Crippen LogP contribution in [0.3, 0.4) is 0 Å². The Morgan fingerprint density at radius 1 is 1.06 bits per heavy atom. The van der Waals surface area contributed by atoms with Gasteiger partial charge in [-0.15, -0.1) is 0 Å². The molecule has 1 N–H and O–H groups in total. The Labute approximate surface area is 184 Å². The Morgan fingerprint density at radius 3 is 2.53 bits per heavy atom. The van der Waals surface area contributed by atoms with Crippen LogP contribution in [0.25, 0.3) is 23.0 Å². The molecule has 0 aliphatic rings. The van der Waals surface area contributed by atoms with E-state index in [1.165, 1.54) is 9.13 Å². The van der Waals surface area contributed by atoms with Crippen LogP contribution in [0, 0.1) is 13.8 Å². The number of imidazole rings is 2. The summed E-state index contributed by atoms with van der Waals surface area (Å²) in [6.07, 6.45) is 3.70. The third-order valence-corrected chi connectivity index (χ3v) is 5.72. The van der Waals surface area contributed by atoms with Crippen molar-refractivity contribution in [3.8, 4) is 0 Å². The molecule has 9 heteroatoms. The topological polar surface area (TPSA) is 95.7 Å². The highest BCUT2D eigenvalue weighted by atomic mass is 16.5. The van der Waals surface area contributed by atoms with Gasteiger partial charge in [-0.25, -0.2) is 4.79 Å². The minimum atomic E-state index is -0.409. The van der Waals surface area contributed by atoms with Crippen molar-refractivity contribution >= 4 is 23.0 Å². The van der Waals surface area contributed by atoms with E-state index in [1.807, 2.05) is 65.3 Å². The van der Waals surface area contributed by atoms with E-state index in [2.05, 4.69) is 4.98 Å². The zero-order chi connectivity index (χ0) is 22.8.